The first-order valence-electron chi connectivity index (χ1n) is 7.62. The van der Waals surface area contributed by atoms with Crippen LogP contribution in [0, 0.1) is 0 Å². The monoisotopic (exact) mass is 298 g/mol. The second-order valence-corrected chi connectivity index (χ2v) is 4.70. The molecule has 1 N–H and O–H groups in total. The fourth-order valence-corrected chi connectivity index (χ4v) is 1.60. The molecule has 0 amide bonds. The minimum atomic E-state index is -2.22. The number of allylic oxidation sites excluding steroid dienone is 5. The van der Waals surface area contributed by atoms with Gasteiger partial charge in [-0.2, -0.15) is 0 Å². The lowest BCUT2D eigenvalue weighted by atomic mass is 10.2. The van der Waals surface area contributed by atoms with E-state index in [-0.39, 0.29) is 6.61 Å². The van der Waals surface area contributed by atoms with Crippen molar-refractivity contribution in [1.29, 1.82) is 0 Å². The van der Waals surface area contributed by atoms with Crippen LogP contribution >= 0.6 is 0 Å². The Bertz CT molecular complexity index is 335. The van der Waals surface area contributed by atoms with E-state index in [1.807, 2.05) is 12.2 Å². The molecular weight excluding hydrogens is 271 g/mol. The molecular formula is C17H27FO3. The zero-order chi connectivity index (χ0) is 15.8. The van der Waals surface area contributed by atoms with Crippen LogP contribution in [-0.4, -0.2) is 24.0 Å². The maximum absolute atomic E-state index is 12.5. The maximum Gasteiger partial charge on any atom is 0.366 e. The van der Waals surface area contributed by atoms with Crippen molar-refractivity contribution in [2.45, 2.75) is 58.2 Å². The quantitative estimate of drug-likeness (QED) is 0.392. The number of unbranched alkanes of at least 4 members (excludes halogenated alkanes) is 3. The van der Waals surface area contributed by atoms with Gasteiger partial charge < -0.3 is 9.84 Å². The molecule has 0 bridgehead atoms. The molecule has 0 radical (unpaired) electrons. The summed E-state index contributed by atoms with van der Waals surface area (Å²) in [5, 5.41) is 8.25. The lowest BCUT2D eigenvalue weighted by Crippen LogP contribution is -2.18. The highest BCUT2D eigenvalue weighted by Crippen LogP contribution is 2.01. The summed E-state index contributed by atoms with van der Waals surface area (Å²) in [6, 6.07) is 0. The predicted octanol–water partition coefficient (Wildman–Crippen LogP) is 4.80. The molecule has 0 spiro atoms. The van der Waals surface area contributed by atoms with Gasteiger partial charge in [0.05, 0.1) is 6.61 Å². The van der Waals surface area contributed by atoms with Crippen molar-refractivity contribution in [3.05, 3.63) is 36.5 Å². The van der Waals surface area contributed by atoms with Gasteiger partial charge in [-0.15, -0.1) is 0 Å². The highest BCUT2D eigenvalue weighted by atomic mass is 19.1. The molecule has 0 aliphatic carbocycles. The van der Waals surface area contributed by atoms with Crippen LogP contribution in [-0.2, 0) is 9.53 Å². The van der Waals surface area contributed by atoms with Crippen LogP contribution in [0.5, 0.6) is 0 Å². The van der Waals surface area contributed by atoms with Crippen molar-refractivity contribution in [3.8, 4) is 0 Å². The molecule has 0 rings (SSSR count). The second-order valence-electron chi connectivity index (χ2n) is 4.70. The zero-order valence-corrected chi connectivity index (χ0v) is 12.8. The molecule has 0 aromatic rings. The largest absolute Gasteiger partial charge is 0.477 e. The average molecular weight is 298 g/mol. The lowest BCUT2D eigenvalue weighted by Gasteiger charge is -2.02. The molecule has 0 saturated heterocycles. The van der Waals surface area contributed by atoms with Crippen LogP contribution in [0.4, 0.5) is 4.39 Å². The summed E-state index contributed by atoms with van der Waals surface area (Å²) in [5.41, 5.74) is 0. The third-order valence-corrected chi connectivity index (χ3v) is 2.76. The standard InChI is InChI=1S/C17H27FO3/c1-2-3-4-5-6-7-8-9-10-11-12-13-14-15-21-16(18)17(19)20/h6-7,9-10,12-13,16H,2-5,8,11,14-15H2,1H3,(H,19,20)/b7-6-,10-9-,13-12-. The van der Waals surface area contributed by atoms with E-state index in [0.29, 0.717) is 6.42 Å². The molecule has 0 aliphatic heterocycles. The van der Waals surface area contributed by atoms with Gasteiger partial charge in [-0.25, -0.2) is 9.18 Å². The molecule has 0 fully saturated rings. The Balaban J connectivity index is 3.42. The summed E-state index contributed by atoms with van der Waals surface area (Å²) < 4.78 is 17.0. The molecule has 0 aliphatic rings. The van der Waals surface area contributed by atoms with Crippen molar-refractivity contribution < 1.29 is 19.0 Å². The Morgan fingerprint density at radius 1 is 1.05 bits per heavy atom. The molecule has 3 nitrogen and oxygen atoms in total. The van der Waals surface area contributed by atoms with Gasteiger partial charge in [0.1, 0.15) is 0 Å². The SMILES string of the molecule is CCCCC/C=C\C/C=C\C/C=C\CCOC(F)C(=O)O. The molecule has 21 heavy (non-hydrogen) atoms. The van der Waals surface area contributed by atoms with Crippen molar-refractivity contribution in [1.82, 2.24) is 0 Å². The van der Waals surface area contributed by atoms with Gasteiger partial charge in [0, 0.05) is 0 Å². The van der Waals surface area contributed by atoms with Crippen molar-refractivity contribution in [2.24, 2.45) is 0 Å². The van der Waals surface area contributed by atoms with E-state index in [2.05, 4.69) is 36.0 Å². The van der Waals surface area contributed by atoms with Gasteiger partial charge in [0.2, 0.25) is 0 Å². The summed E-state index contributed by atoms with van der Waals surface area (Å²) in [7, 11) is 0. The molecule has 120 valence electrons. The summed E-state index contributed by atoms with van der Waals surface area (Å²) in [6.45, 7) is 2.28. The summed E-state index contributed by atoms with van der Waals surface area (Å²) >= 11 is 0. The molecule has 0 heterocycles. The number of ether oxygens (including phenoxy) is 1. The number of alkyl halides is 1. The van der Waals surface area contributed by atoms with Crippen LogP contribution in [0.15, 0.2) is 36.5 Å². The number of hydrogen-bond donors (Lipinski definition) is 1. The first kappa shape index (κ1) is 19.6. The van der Waals surface area contributed by atoms with E-state index in [1.54, 1.807) is 0 Å². The number of aliphatic carboxylic acids is 1. The second kappa shape index (κ2) is 15.0. The van der Waals surface area contributed by atoms with Gasteiger partial charge in [-0.05, 0) is 32.1 Å². The van der Waals surface area contributed by atoms with Crippen LogP contribution in [0.3, 0.4) is 0 Å². The van der Waals surface area contributed by atoms with Crippen molar-refractivity contribution in [2.75, 3.05) is 6.61 Å². The maximum atomic E-state index is 12.5. The van der Waals surface area contributed by atoms with Gasteiger partial charge in [-0.1, -0.05) is 56.2 Å². The van der Waals surface area contributed by atoms with E-state index < -0.39 is 12.3 Å². The highest BCUT2D eigenvalue weighted by molar-refractivity contribution is 5.70. The molecule has 0 saturated carbocycles. The minimum absolute atomic E-state index is 0.0776. The van der Waals surface area contributed by atoms with Crippen LogP contribution in [0.1, 0.15) is 51.9 Å². The van der Waals surface area contributed by atoms with Gasteiger partial charge in [0.15, 0.2) is 0 Å². The molecule has 1 atom stereocenters. The first-order chi connectivity index (χ1) is 10.2. The summed E-state index contributed by atoms with van der Waals surface area (Å²) in [6.07, 6.45) is 17.4. The highest BCUT2D eigenvalue weighted by Gasteiger charge is 2.14. The van der Waals surface area contributed by atoms with E-state index in [0.717, 1.165) is 19.3 Å². The summed E-state index contributed by atoms with van der Waals surface area (Å²) in [4.78, 5) is 10.1. The Labute approximate surface area is 127 Å². The Kier molecular flexibility index (Phi) is 14.0. The molecule has 4 heteroatoms. The Morgan fingerprint density at radius 3 is 2.19 bits per heavy atom. The Morgan fingerprint density at radius 2 is 1.62 bits per heavy atom. The molecule has 1 unspecified atom stereocenters. The molecule has 0 aromatic heterocycles. The van der Waals surface area contributed by atoms with Crippen molar-refractivity contribution >= 4 is 5.97 Å². The van der Waals surface area contributed by atoms with E-state index >= 15 is 0 Å². The summed E-state index contributed by atoms with van der Waals surface area (Å²) in [5.74, 6) is -1.58. The molecule has 0 aromatic carbocycles. The fraction of sp³-hybridized carbons (Fsp3) is 0.588. The third kappa shape index (κ3) is 14.8. The minimum Gasteiger partial charge on any atom is -0.477 e. The number of carbonyl (C=O) groups is 1. The van der Waals surface area contributed by atoms with E-state index in [4.69, 9.17) is 5.11 Å². The number of halogens is 1. The number of carboxylic acid groups (broad SMARTS) is 1. The van der Waals surface area contributed by atoms with Crippen LogP contribution < -0.4 is 0 Å². The Hall–Kier alpha value is -1.42. The first-order valence-corrected chi connectivity index (χ1v) is 7.62. The van der Waals surface area contributed by atoms with E-state index in [1.165, 1.54) is 19.3 Å². The van der Waals surface area contributed by atoms with Gasteiger partial charge in [0.25, 0.3) is 6.36 Å². The van der Waals surface area contributed by atoms with E-state index in [9.17, 15) is 9.18 Å². The van der Waals surface area contributed by atoms with Crippen LogP contribution in [0.2, 0.25) is 0 Å². The lowest BCUT2D eigenvalue weighted by molar-refractivity contribution is -0.162. The van der Waals surface area contributed by atoms with Gasteiger partial charge >= 0.3 is 5.97 Å². The topological polar surface area (TPSA) is 46.5 Å². The predicted molar refractivity (Wildman–Crippen MR) is 83.9 cm³/mol. The number of rotatable bonds is 13. The van der Waals surface area contributed by atoms with Crippen LogP contribution in [0.25, 0.3) is 0 Å². The van der Waals surface area contributed by atoms with Gasteiger partial charge in [-0.3, -0.25) is 0 Å². The average Bonchev–Trinajstić information content (AvgIpc) is 2.47. The number of carboxylic acids is 1. The number of hydrogen-bond acceptors (Lipinski definition) is 2. The van der Waals surface area contributed by atoms with Crippen molar-refractivity contribution in [3.63, 3.8) is 0 Å². The third-order valence-electron chi connectivity index (χ3n) is 2.76. The fourth-order valence-electron chi connectivity index (χ4n) is 1.60. The normalized spacial score (nSPS) is 13.6. The zero-order valence-electron chi connectivity index (χ0n) is 12.8. The smallest absolute Gasteiger partial charge is 0.366 e.